The third-order valence-corrected chi connectivity index (χ3v) is 5.97. The van der Waals surface area contributed by atoms with Gasteiger partial charge in [0.2, 0.25) is 11.8 Å². The largest absolute Gasteiger partial charge is 0.366 e. The number of amides is 2. The summed E-state index contributed by atoms with van der Waals surface area (Å²) in [5, 5.41) is 4.08. The molecule has 0 aromatic heterocycles. The second-order valence-electron chi connectivity index (χ2n) is 8.44. The van der Waals surface area contributed by atoms with Crippen molar-refractivity contribution in [3.8, 4) is 17.1 Å². The molecule has 7 N–H and O–H groups in total. The number of benzene rings is 4. The van der Waals surface area contributed by atoms with Crippen molar-refractivity contribution in [2.45, 2.75) is 0 Å². The maximum absolute atomic E-state index is 11.6. The van der Waals surface area contributed by atoms with Gasteiger partial charge in [0.15, 0.2) is 0 Å². The van der Waals surface area contributed by atoms with Crippen LogP contribution in [0.1, 0.15) is 20.7 Å². The van der Waals surface area contributed by atoms with Crippen molar-refractivity contribution in [1.29, 1.82) is 0 Å². The molecule has 3 aromatic rings. The predicted molar refractivity (Wildman–Crippen MR) is 144 cm³/mol. The molecule has 0 atom stereocenters. The number of anilines is 2. The van der Waals surface area contributed by atoms with Crippen LogP contribution in [0.3, 0.4) is 0 Å². The molecule has 2 amide bonds. The third kappa shape index (κ3) is 4.75. The highest BCUT2D eigenvalue weighted by Crippen LogP contribution is 2.30. The van der Waals surface area contributed by atoms with Gasteiger partial charge in [-0.15, -0.1) is 0 Å². The molecule has 5 rings (SSSR count). The summed E-state index contributed by atoms with van der Waals surface area (Å²) in [5.41, 5.74) is 23.1. The van der Waals surface area contributed by atoms with E-state index in [2.05, 4.69) is 9.88 Å². The van der Waals surface area contributed by atoms with E-state index < -0.39 is 11.8 Å². The number of para-hydroxylation sites is 2. The molecule has 1 heterocycles. The van der Waals surface area contributed by atoms with Crippen molar-refractivity contribution in [2.24, 2.45) is 22.2 Å². The fourth-order valence-corrected chi connectivity index (χ4v) is 4.18. The molecule has 9 nitrogen and oxygen atoms in total. The van der Waals surface area contributed by atoms with E-state index in [1.165, 1.54) is 0 Å². The Morgan fingerprint density at radius 1 is 0.865 bits per heavy atom. The van der Waals surface area contributed by atoms with Gasteiger partial charge in [-0.25, -0.2) is 4.98 Å². The summed E-state index contributed by atoms with van der Waals surface area (Å²) in [7, 11) is 0. The van der Waals surface area contributed by atoms with Gasteiger partial charge in [-0.05, 0) is 72.8 Å². The Bertz CT molecular complexity index is 1660. The number of fused-ring (bicyclic) bond motifs is 2. The molecule has 1 aliphatic carbocycles. The summed E-state index contributed by atoms with van der Waals surface area (Å²) in [4.78, 5) is 32.7. The van der Waals surface area contributed by atoms with Gasteiger partial charge in [0, 0.05) is 29.0 Å². The van der Waals surface area contributed by atoms with Crippen LogP contribution < -0.4 is 27.9 Å². The Balaban J connectivity index is 1.72. The van der Waals surface area contributed by atoms with Crippen LogP contribution in [0.4, 0.5) is 11.4 Å². The van der Waals surface area contributed by atoms with Crippen molar-refractivity contribution in [3.63, 3.8) is 0 Å². The standard InChI is InChI=1S/C28H25N7O2/c29-13-14-32-22-16-26-24(15-23(22)33-19-9-5-17(6-10-19)27(30)36)34-21-3-1-2-4-25(21)35(26)20-11-7-18(8-12-20)28(31)37/h1-12,15-16,33H,13-14,29H2,(H2,30,36)(H2,31,37)/b32-22-. The van der Waals surface area contributed by atoms with E-state index >= 15 is 0 Å². The molecule has 2 aliphatic rings. The van der Waals surface area contributed by atoms with Crippen molar-refractivity contribution in [2.75, 3.05) is 18.4 Å². The summed E-state index contributed by atoms with van der Waals surface area (Å²) >= 11 is 0. The highest BCUT2D eigenvalue weighted by molar-refractivity contribution is 5.94. The lowest BCUT2D eigenvalue weighted by Crippen LogP contribution is -2.17. The number of nitrogens with zero attached hydrogens (tertiary/aromatic N) is 3. The molecule has 0 unspecified atom stereocenters. The predicted octanol–water partition coefficient (Wildman–Crippen LogP) is 2.93. The Hall–Kier alpha value is -5.02. The van der Waals surface area contributed by atoms with Crippen LogP contribution in [0.2, 0.25) is 0 Å². The molecule has 0 radical (unpaired) electrons. The molecule has 37 heavy (non-hydrogen) atoms. The number of primary amides is 2. The minimum atomic E-state index is -0.486. The molecule has 9 heteroatoms. The van der Waals surface area contributed by atoms with Crippen molar-refractivity contribution >= 4 is 34.2 Å². The Morgan fingerprint density at radius 3 is 2.16 bits per heavy atom. The number of hydrogen-bond donors (Lipinski definition) is 4. The van der Waals surface area contributed by atoms with Gasteiger partial charge in [0.1, 0.15) is 0 Å². The van der Waals surface area contributed by atoms with Crippen LogP contribution in [-0.2, 0) is 0 Å². The highest BCUT2D eigenvalue weighted by Gasteiger charge is 2.17. The number of nitrogens with two attached hydrogens (primary N) is 3. The van der Waals surface area contributed by atoms with Crippen LogP contribution in [-0.4, -0.2) is 34.5 Å². The average Bonchev–Trinajstić information content (AvgIpc) is 2.91. The van der Waals surface area contributed by atoms with Gasteiger partial charge < -0.3 is 27.1 Å². The van der Waals surface area contributed by atoms with Crippen LogP contribution in [0.25, 0.3) is 28.1 Å². The first kappa shape index (κ1) is 23.7. The molecular formula is C28H25N7O2. The number of aromatic nitrogens is 2. The van der Waals surface area contributed by atoms with Crippen molar-refractivity contribution in [3.05, 3.63) is 101 Å². The zero-order valence-corrected chi connectivity index (χ0v) is 19.9. The molecule has 0 bridgehead atoms. The summed E-state index contributed by atoms with van der Waals surface area (Å²) in [5.74, 6) is -0.969. The first-order chi connectivity index (χ1) is 17.9. The molecular weight excluding hydrogens is 466 g/mol. The monoisotopic (exact) mass is 491 g/mol. The quantitative estimate of drug-likeness (QED) is 0.258. The zero-order chi connectivity index (χ0) is 25.9. The third-order valence-electron chi connectivity index (χ3n) is 5.97. The molecule has 1 aliphatic heterocycles. The number of carbonyl (C=O) groups excluding carboxylic acids is 2. The maximum Gasteiger partial charge on any atom is 0.248 e. The molecule has 3 aromatic carbocycles. The van der Waals surface area contributed by atoms with E-state index in [0.29, 0.717) is 29.6 Å². The van der Waals surface area contributed by atoms with E-state index in [1.54, 1.807) is 36.4 Å². The average molecular weight is 492 g/mol. The summed E-state index contributed by atoms with van der Waals surface area (Å²) in [6.45, 7) is 0.838. The van der Waals surface area contributed by atoms with Gasteiger partial charge in [-0.1, -0.05) is 12.1 Å². The van der Waals surface area contributed by atoms with Gasteiger partial charge in [0.25, 0.3) is 0 Å². The van der Waals surface area contributed by atoms with Crippen LogP contribution in [0.15, 0.2) is 89.9 Å². The number of carbonyl (C=O) groups is 2. The van der Waals surface area contributed by atoms with Crippen LogP contribution in [0, 0.1) is 0 Å². The highest BCUT2D eigenvalue weighted by atomic mass is 16.1. The summed E-state index contributed by atoms with van der Waals surface area (Å²) < 4.78 is 2.08. The molecule has 0 saturated heterocycles. The van der Waals surface area contributed by atoms with E-state index in [0.717, 1.165) is 39.5 Å². The fourth-order valence-electron chi connectivity index (χ4n) is 4.18. The van der Waals surface area contributed by atoms with E-state index in [1.807, 2.05) is 48.5 Å². The number of nitrogens with one attached hydrogen (secondary N) is 1. The van der Waals surface area contributed by atoms with Gasteiger partial charge >= 0.3 is 0 Å². The molecule has 0 saturated carbocycles. The topological polar surface area (TPSA) is 154 Å². The van der Waals surface area contributed by atoms with Crippen LogP contribution in [0.5, 0.6) is 0 Å². The SMILES string of the molecule is NCC/N=c1/cc2n(-c3ccc(C(N)=O)cc3)c3ccccc3nc-2cc1Nc1ccc(C(N)=O)cc1. The second kappa shape index (κ2) is 9.92. The van der Waals surface area contributed by atoms with Crippen molar-refractivity contribution in [1.82, 2.24) is 9.55 Å². The Labute approximate surface area is 212 Å². The second-order valence-corrected chi connectivity index (χ2v) is 8.44. The van der Waals surface area contributed by atoms with E-state index in [9.17, 15) is 9.59 Å². The lowest BCUT2D eigenvalue weighted by Gasteiger charge is -2.20. The van der Waals surface area contributed by atoms with Crippen molar-refractivity contribution < 1.29 is 9.59 Å². The summed E-state index contributed by atoms with van der Waals surface area (Å²) in [6, 6.07) is 25.8. The first-order valence-electron chi connectivity index (χ1n) is 11.7. The lowest BCUT2D eigenvalue weighted by molar-refractivity contribution is 0.0992. The Morgan fingerprint density at radius 2 is 1.51 bits per heavy atom. The summed E-state index contributed by atoms with van der Waals surface area (Å²) in [6.07, 6.45) is 0. The normalized spacial score (nSPS) is 11.6. The Kier molecular flexibility index (Phi) is 6.36. The smallest absolute Gasteiger partial charge is 0.248 e. The number of rotatable bonds is 7. The fraction of sp³-hybridized carbons (Fsp3) is 0.0714. The minimum Gasteiger partial charge on any atom is -0.366 e. The maximum atomic E-state index is 11.6. The van der Waals surface area contributed by atoms with Crippen LogP contribution >= 0.6 is 0 Å². The van der Waals surface area contributed by atoms with Gasteiger partial charge in [-0.2, -0.15) is 0 Å². The molecule has 0 spiro atoms. The van der Waals surface area contributed by atoms with Gasteiger partial charge in [0.05, 0.1) is 40.0 Å². The lowest BCUT2D eigenvalue weighted by atomic mass is 10.1. The first-order valence-corrected chi connectivity index (χ1v) is 11.7. The minimum absolute atomic E-state index is 0.398. The molecule has 0 fully saturated rings. The van der Waals surface area contributed by atoms with E-state index in [-0.39, 0.29) is 0 Å². The van der Waals surface area contributed by atoms with Gasteiger partial charge in [-0.3, -0.25) is 14.6 Å². The number of hydrogen-bond acceptors (Lipinski definition) is 6. The zero-order valence-electron chi connectivity index (χ0n) is 19.9. The van der Waals surface area contributed by atoms with E-state index in [4.69, 9.17) is 27.2 Å². The molecule has 184 valence electrons.